The first-order valence-electron chi connectivity index (χ1n) is 13.4. The molecule has 2 aliphatic rings. The molecule has 2 aliphatic heterocycles. The van der Waals surface area contributed by atoms with Crippen molar-refractivity contribution in [1.29, 1.82) is 0 Å². The second kappa shape index (κ2) is 10.1. The second-order valence-electron chi connectivity index (χ2n) is 10.5. The number of amides is 2. The van der Waals surface area contributed by atoms with E-state index in [1.807, 2.05) is 73.3 Å². The number of carbonyl (C=O) groups excluding carboxylic acids is 1. The Bertz CT molecular complexity index is 1470. The molecule has 0 radical (unpaired) electrons. The van der Waals surface area contributed by atoms with Crippen LogP contribution in [0.15, 0.2) is 73.1 Å². The number of carbonyl (C=O) groups is 1. The summed E-state index contributed by atoms with van der Waals surface area (Å²) in [7, 11) is 0. The molecule has 3 N–H and O–H groups in total. The molecule has 9 heteroatoms. The van der Waals surface area contributed by atoms with Gasteiger partial charge >= 0.3 is 6.03 Å². The van der Waals surface area contributed by atoms with Gasteiger partial charge in [-0.15, -0.1) is 0 Å². The summed E-state index contributed by atoms with van der Waals surface area (Å²) in [5.41, 5.74) is 10.8. The van der Waals surface area contributed by atoms with E-state index < -0.39 is 0 Å². The Balaban J connectivity index is 1.18. The van der Waals surface area contributed by atoms with Crippen molar-refractivity contribution in [3.05, 3.63) is 90.0 Å². The molecule has 3 atom stereocenters. The number of hydrogen-bond acceptors (Lipinski definition) is 6. The first-order valence-corrected chi connectivity index (χ1v) is 13.4. The summed E-state index contributed by atoms with van der Waals surface area (Å²) < 4.78 is 8.21. The first kappa shape index (κ1) is 24.9. The molecule has 3 aromatic heterocycles. The first-order chi connectivity index (χ1) is 18.9. The predicted octanol–water partition coefficient (Wildman–Crippen LogP) is 4.88. The number of ether oxygens (including phenoxy) is 1. The zero-order valence-corrected chi connectivity index (χ0v) is 22.2. The fourth-order valence-electron chi connectivity index (χ4n) is 5.72. The average molecular weight is 524 g/mol. The van der Waals surface area contributed by atoms with Gasteiger partial charge in [0.25, 0.3) is 0 Å². The Kier molecular flexibility index (Phi) is 6.42. The number of aromatic nitrogens is 4. The summed E-state index contributed by atoms with van der Waals surface area (Å²) in [5.74, 6) is 0.830. The van der Waals surface area contributed by atoms with Crippen LogP contribution in [0.25, 0.3) is 11.3 Å². The summed E-state index contributed by atoms with van der Waals surface area (Å²) in [5, 5.41) is 8.06. The number of anilines is 1. The smallest absolute Gasteiger partial charge is 0.317 e. The molecular formula is C30H33N7O2. The Labute approximate surface area is 228 Å². The van der Waals surface area contributed by atoms with E-state index in [1.165, 1.54) is 5.69 Å². The third-order valence-electron chi connectivity index (χ3n) is 7.99. The molecule has 1 aromatic carbocycles. The third-order valence-corrected chi connectivity index (χ3v) is 7.99. The maximum absolute atomic E-state index is 13.1. The van der Waals surface area contributed by atoms with Crippen molar-refractivity contribution in [2.45, 2.75) is 50.8 Å². The Morgan fingerprint density at radius 3 is 2.64 bits per heavy atom. The van der Waals surface area contributed by atoms with Gasteiger partial charge in [-0.05, 0) is 56.5 Å². The Hall–Kier alpha value is -4.40. The van der Waals surface area contributed by atoms with Gasteiger partial charge in [0.05, 0.1) is 17.4 Å². The number of aryl methyl sites for hydroxylation is 1. The van der Waals surface area contributed by atoms with Crippen LogP contribution >= 0.6 is 0 Å². The Morgan fingerprint density at radius 1 is 1.05 bits per heavy atom. The lowest BCUT2D eigenvalue weighted by Crippen LogP contribution is -2.41. The molecule has 2 amide bonds. The van der Waals surface area contributed by atoms with Gasteiger partial charge in [-0.3, -0.25) is 9.67 Å². The molecule has 0 bridgehead atoms. The van der Waals surface area contributed by atoms with Gasteiger partial charge < -0.3 is 20.7 Å². The molecule has 9 nitrogen and oxygen atoms in total. The van der Waals surface area contributed by atoms with E-state index in [2.05, 4.69) is 26.0 Å². The molecule has 200 valence electrons. The summed E-state index contributed by atoms with van der Waals surface area (Å²) in [6.07, 6.45) is 5.09. The molecule has 39 heavy (non-hydrogen) atoms. The number of fused-ring (bicyclic) bond motifs is 2. The van der Waals surface area contributed by atoms with Crippen LogP contribution in [-0.2, 0) is 12.0 Å². The van der Waals surface area contributed by atoms with Gasteiger partial charge in [0.2, 0.25) is 0 Å². The SMILES string of the molecule is CC(NC(=O)N1CCC2(CCn3nc(-c4cnc(N)c(OC(C)c5ccccn5)c4)cc32)C1)c1ccccc1. The largest absolute Gasteiger partial charge is 0.481 e. The number of nitrogens with one attached hydrogen (secondary N) is 1. The average Bonchev–Trinajstić information content (AvgIpc) is 3.67. The molecule has 1 fully saturated rings. The quantitative estimate of drug-likeness (QED) is 0.373. The minimum atomic E-state index is -0.277. The molecule has 4 aromatic rings. The lowest BCUT2D eigenvalue weighted by Gasteiger charge is -2.25. The van der Waals surface area contributed by atoms with Crippen molar-refractivity contribution < 1.29 is 9.53 Å². The summed E-state index contributed by atoms with van der Waals surface area (Å²) >= 11 is 0. The number of rotatable bonds is 6. The van der Waals surface area contributed by atoms with Gasteiger partial charge in [-0.1, -0.05) is 36.4 Å². The van der Waals surface area contributed by atoms with Gasteiger partial charge in [0, 0.05) is 48.7 Å². The van der Waals surface area contributed by atoms with Crippen molar-refractivity contribution in [2.24, 2.45) is 0 Å². The normalized spacial score (nSPS) is 19.6. The zero-order chi connectivity index (χ0) is 27.0. The molecular weight excluding hydrogens is 490 g/mol. The van der Waals surface area contributed by atoms with Gasteiger partial charge in [-0.2, -0.15) is 5.10 Å². The van der Waals surface area contributed by atoms with Crippen LogP contribution < -0.4 is 15.8 Å². The number of urea groups is 1. The monoisotopic (exact) mass is 523 g/mol. The van der Waals surface area contributed by atoms with Crippen molar-refractivity contribution in [2.75, 3.05) is 18.8 Å². The number of nitrogens with two attached hydrogens (primary N) is 1. The lowest BCUT2D eigenvalue weighted by atomic mass is 9.82. The number of hydrogen-bond donors (Lipinski definition) is 2. The number of nitrogens with zero attached hydrogens (tertiary/aromatic N) is 5. The van der Waals surface area contributed by atoms with Crippen LogP contribution in [0.1, 0.15) is 55.8 Å². The van der Waals surface area contributed by atoms with Gasteiger partial charge in [0.1, 0.15) is 6.10 Å². The van der Waals surface area contributed by atoms with E-state index >= 15 is 0 Å². The second-order valence-corrected chi connectivity index (χ2v) is 10.5. The van der Waals surface area contributed by atoms with E-state index in [4.69, 9.17) is 15.6 Å². The molecule has 5 heterocycles. The molecule has 1 spiro atoms. The van der Waals surface area contributed by atoms with Crippen LogP contribution in [0.5, 0.6) is 5.75 Å². The summed E-state index contributed by atoms with van der Waals surface area (Å²) in [4.78, 5) is 23.8. The minimum Gasteiger partial charge on any atom is -0.481 e. The van der Waals surface area contributed by atoms with E-state index in [0.717, 1.165) is 48.4 Å². The molecule has 3 unspecified atom stereocenters. The highest BCUT2D eigenvalue weighted by Gasteiger charge is 2.47. The van der Waals surface area contributed by atoms with E-state index in [1.54, 1.807) is 12.4 Å². The third kappa shape index (κ3) is 4.80. The lowest BCUT2D eigenvalue weighted by molar-refractivity contribution is 0.202. The van der Waals surface area contributed by atoms with Crippen molar-refractivity contribution in [3.63, 3.8) is 0 Å². The predicted molar refractivity (Wildman–Crippen MR) is 149 cm³/mol. The molecule has 6 rings (SSSR count). The number of likely N-dealkylation sites (tertiary alicyclic amines) is 1. The van der Waals surface area contributed by atoms with Crippen molar-refractivity contribution in [1.82, 2.24) is 30.0 Å². The molecule has 0 aliphatic carbocycles. The van der Waals surface area contributed by atoms with E-state index in [0.29, 0.717) is 18.1 Å². The zero-order valence-electron chi connectivity index (χ0n) is 22.2. The highest BCUT2D eigenvalue weighted by atomic mass is 16.5. The fourth-order valence-corrected chi connectivity index (χ4v) is 5.72. The highest BCUT2D eigenvalue weighted by Crippen LogP contribution is 2.44. The summed E-state index contributed by atoms with van der Waals surface area (Å²) in [6, 6.07) is 19.7. The topological polar surface area (TPSA) is 111 Å². The van der Waals surface area contributed by atoms with Crippen molar-refractivity contribution in [3.8, 4) is 17.0 Å². The number of pyridine rings is 2. The van der Waals surface area contributed by atoms with Crippen LogP contribution in [-0.4, -0.2) is 43.8 Å². The van der Waals surface area contributed by atoms with Crippen LogP contribution in [0, 0.1) is 0 Å². The number of nitrogen functional groups attached to an aromatic ring is 1. The van der Waals surface area contributed by atoms with Gasteiger partial charge in [0.15, 0.2) is 11.6 Å². The molecule has 1 saturated heterocycles. The minimum absolute atomic E-state index is 0.0204. The highest BCUT2D eigenvalue weighted by molar-refractivity contribution is 5.75. The number of benzene rings is 1. The van der Waals surface area contributed by atoms with Crippen LogP contribution in [0.4, 0.5) is 10.6 Å². The molecule has 0 saturated carbocycles. The maximum atomic E-state index is 13.1. The van der Waals surface area contributed by atoms with Gasteiger partial charge in [-0.25, -0.2) is 9.78 Å². The van der Waals surface area contributed by atoms with Crippen LogP contribution in [0.3, 0.4) is 0 Å². The fraction of sp³-hybridized carbons (Fsp3) is 0.333. The van der Waals surface area contributed by atoms with Crippen molar-refractivity contribution >= 4 is 11.8 Å². The van der Waals surface area contributed by atoms with E-state index in [9.17, 15) is 4.79 Å². The van der Waals surface area contributed by atoms with E-state index in [-0.39, 0.29) is 23.6 Å². The standard InChI is InChI=1S/C30H33N7O2/c1-20(22-8-4-3-5-9-22)34-29(38)36-14-11-30(19-36)12-15-37-27(30)17-25(35-37)23-16-26(28(31)33-18-23)39-21(2)24-10-6-7-13-32-24/h3-10,13,16-18,20-21H,11-12,14-15,19H2,1-2H3,(H2,31,33)(H,34,38). The Morgan fingerprint density at radius 2 is 1.85 bits per heavy atom. The maximum Gasteiger partial charge on any atom is 0.317 e. The summed E-state index contributed by atoms with van der Waals surface area (Å²) in [6.45, 7) is 6.19. The van der Waals surface area contributed by atoms with Crippen LogP contribution in [0.2, 0.25) is 0 Å².